The molecule has 3 aromatic rings. The van der Waals surface area contributed by atoms with E-state index < -0.39 is 12.1 Å². The van der Waals surface area contributed by atoms with Crippen LogP contribution in [0.2, 0.25) is 0 Å². The van der Waals surface area contributed by atoms with Crippen molar-refractivity contribution in [2.24, 2.45) is 0 Å². The largest absolute Gasteiger partial charge is 0.465 e. The van der Waals surface area contributed by atoms with Gasteiger partial charge in [-0.15, -0.1) is 0 Å². The Balaban J connectivity index is 2.06. The monoisotopic (exact) mass is 349 g/mol. The quantitative estimate of drug-likeness (QED) is 0.637. The summed E-state index contributed by atoms with van der Waals surface area (Å²) in [4.78, 5) is 19.2. The lowest BCUT2D eigenvalue weighted by atomic mass is 9.81. The molecule has 3 N–H and O–H groups in total. The molecule has 26 heavy (non-hydrogen) atoms. The second-order valence-electron chi connectivity index (χ2n) is 7.26. The standard InChI is InChI=1S/C21H23N3O2/c1-21(2,3)16-12-8-7-11-15(16)18(24-20(25)26)19-22-13-17(23-19)14-9-5-4-6-10-14/h4-13,18,24H,1-3H3,(H,22,23)(H,25,26). The van der Waals surface area contributed by atoms with Crippen LogP contribution in [0.1, 0.15) is 43.8 Å². The Morgan fingerprint density at radius 3 is 2.38 bits per heavy atom. The number of carbonyl (C=O) groups is 1. The molecule has 0 radical (unpaired) electrons. The molecule has 5 heteroatoms. The lowest BCUT2D eigenvalue weighted by Crippen LogP contribution is -2.30. The SMILES string of the molecule is CC(C)(C)c1ccccc1C(NC(=O)O)c1nc(-c2ccccc2)c[nH]1. The molecule has 1 amide bonds. The average Bonchev–Trinajstić information content (AvgIpc) is 3.09. The number of H-pyrrole nitrogens is 1. The van der Waals surface area contributed by atoms with Crippen LogP contribution in [-0.2, 0) is 5.41 Å². The van der Waals surface area contributed by atoms with Gasteiger partial charge in [-0.25, -0.2) is 9.78 Å². The van der Waals surface area contributed by atoms with Gasteiger partial charge in [0.2, 0.25) is 0 Å². The van der Waals surface area contributed by atoms with Crippen molar-refractivity contribution in [3.05, 3.63) is 77.7 Å². The van der Waals surface area contributed by atoms with E-state index in [2.05, 4.69) is 36.1 Å². The van der Waals surface area contributed by atoms with Crippen LogP contribution in [0.5, 0.6) is 0 Å². The van der Waals surface area contributed by atoms with Crippen LogP contribution >= 0.6 is 0 Å². The van der Waals surface area contributed by atoms with Gasteiger partial charge in [-0.05, 0) is 16.5 Å². The molecule has 0 aliphatic carbocycles. The summed E-state index contributed by atoms with van der Waals surface area (Å²) >= 11 is 0. The maximum atomic E-state index is 11.4. The van der Waals surface area contributed by atoms with Crippen molar-refractivity contribution in [1.29, 1.82) is 0 Å². The molecule has 2 aromatic carbocycles. The number of imidazole rings is 1. The molecule has 1 aromatic heterocycles. The summed E-state index contributed by atoms with van der Waals surface area (Å²) in [6.07, 6.45) is 0.720. The molecule has 1 atom stereocenters. The first kappa shape index (κ1) is 17.7. The number of nitrogens with one attached hydrogen (secondary N) is 2. The minimum absolute atomic E-state index is 0.121. The summed E-state index contributed by atoms with van der Waals surface area (Å²) in [6.45, 7) is 6.34. The van der Waals surface area contributed by atoms with Crippen LogP contribution in [0, 0.1) is 0 Å². The van der Waals surface area contributed by atoms with E-state index in [1.807, 2.05) is 54.6 Å². The molecule has 0 bridgehead atoms. The molecule has 134 valence electrons. The van der Waals surface area contributed by atoms with Gasteiger partial charge >= 0.3 is 6.09 Å². The summed E-state index contributed by atoms with van der Waals surface area (Å²) in [5, 5.41) is 12.0. The molecule has 0 saturated heterocycles. The number of carboxylic acid groups (broad SMARTS) is 1. The van der Waals surface area contributed by atoms with E-state index in [9.17, 15) is 9.90 Å². The topological polar surface area (TPSA) is 78.0 Å². The predicted molar refractivity (Wildman–Crippen MR) is 102 cm³/mol. The number of hydrogen-bond donors (Lipinski definition) is 3. The summed E-state index contributed by atoms with van der Waals surface area (Å²) in [6, 6.07) is 17.1. The fourth-order valence-electron chi connectivity index (χ4n) is 3.09. The van der Waals surface area contributed by atoms with Gasteiger partial charge in [-0.2, -0.15) is 0 Å². The first-order valence-electron chi connectivity index (χ1n) is 8.56. The summed E-state index contributed by atoms with van der Waals surface area (Å²) in [5.74, 6) is 0.572. The second kappa shape index (κ2) is 7.04. The molecule has 3 rings (SSSR count). The van der Waals surface area contributed by atoms with E-state index in [0.717, 1.165) is 22.4 Å². The normalized spacial score (nSPS) is 12.6. The maximum absolute atomic E-state index is 11.4. The highest BCUT2D eigenvalue weighted by Crippen LogP contribution is 2.32. The third-order valence-corrected chi connectivity index (χ3v) is 4.29. The zero-order chi connectivity index (χ0) is 18.7. The lowest BCUT2D eigenvalue weighted by molar-refractivity contribution is 0.191. The number of rotatable bonds is 4. The third kappa shape index (κ3) is 3.77. The van der Waals surface area contributed by atoms with Gasteiger partial charge in [0.05, 0.1) is 5.69 Å². The molecule has 0 aliphatic heterocycles. The molecule has 5 nitrogen and oxygen atoms in total. The van der Waals surface area contributed by atoms with Gasteiger partial charge in [0.25, 0.3) is 0 Å². The molecule has 1 heterocycles. The van der Waals surface area contributed by atoms with Crippen LogP contribution in [0.15, 0.2) is 60.8 Å². The smallest absolute Gasteiger partial charge is 0.405 e. The Hall–Kier alpha value is -3.08. The highest BCUT2D eigenvalue weighted by atomic mass is 16.4. The van der Waals surface area contributed by atoms with E-state index >= 15 is 0 Å². The van der Waals surface area contributed by atoms with Gasteiger partial charge in [-0.1, -0.05) is 75.4 Å². The van der Waals surface area contributed by atoms with Crippen molar-refractivity contribution in [3.63, 3.8) is 0 Å². The summed E-state index contributed by atoms with van der Waals surface area (Å²) in [7, 11) is 0. The molecule has 0 saturated carbocycles. The fourth-order valence-corrected chi connectivity index (χ4v) is 3.09. The van der Waals surface area contributed by atoms with Gasteiger partial charge in [0.1, 0.15) is 11.9 Å². The number of benzene rings is 2. The molecular weight excluding hydrogens is 326 g/mol. The van der Waals surface area contributed by atoms with Crippen LogP contribution < -0.4 is 5.32 Å². The molecule has 1 unspecified atom stereocenters. The number of amides is 1. The Bertz CT molecular complexity index is 895. The van der Waals surface area contributed by atoms with Crippen molar-refractivity contribution in [3.8, 4) is 11.3 Å². The molecular formula is C21H23N3O2. The van der Waals surface area contributed by atoms with E-state index in [1.165, 1.54) is 0 Å². The Morgan fingerprint density at radius 2 is 1.73 bits per heavy atom. The van der Waals surface area contributed by atoms with E-state index in [0.29, 0.717) is 5.82 Å². The zero-order valence-electron chi connectivity index (χ0n) is 15.2. The van der Waals surface area contributed by atoms with Gasteiger partial charge in [-0.3, -0.25) is 0 Å². The number of nitrogens with zero attached hydrogens (tertiary/aromatic N) is 1. The van der Waals surface area contributed by atoms with Gasteiger partial charge in [0.15, 0.2) is 0 Å². The minimum Gasteiger partial charge on any atom is -0.465 e. The van der Waals surface area contributed by atoms with Crippen LogP contribution in [-0.4, -0.2) is 21.2 Å². The summed E-state index contributed by atoms with van der Waals surface area (Å²) < 4.78 is 0. The number of hydrogen-bond acceptors (Lipinski definition) is 2. The third-order valence-electron chi connectivity index (χ3n) is 4.29. The highest BCUT2D eigenvalue weighted by molar-refractivity contribution is 5.66. The van der Waals surface area contributed by atoms with Gasteiger partial charge < -0.3 is 15.4 Å². The second-order valence-corrected chi connectivity index (χ2v) is 7.26. The van der Waals surface area contributed by atoms with Crippen LogP contribution in [0.25, 0.3) is 11.3 Å². The zero-order valence-corrected chi connectivity index (χ0v) is 15.2. The van der Waals surface area contributed by atoms with Crippen molar-refractivity contribution in [2.75, 3.05) is 0 Å². The van der Waals surface area contributed by atoms with Crippen molar-refractivity contribution < 1.29 is 9.90 Å². The van der Waals surface area contributed by atoms with Crippen LogP contribution in [0.3, 0.4) is 0 Å². The predicted octanol–water partition coefficient (Wildman–Crippen LogP) is 4.73. The molecule has 0 aliphatic rings. The van der Waals surface area contributed by atoms with E-state index in [1.54, 1.807) is 6.20 Å². The van der Waals surface area contributed by atoms with Crippen molar-refractivity contribution in [1.82, 2.24) is 15.3 Å². The van der Waals surface area contributed by atoms with E-state index in [4.69, 9.17) is 0 Å². The Labute approximate surface area is 153 Å². The Morgan fingerprint density at radius 1 is 1.08 bits per heavy atom. The number of aromatic nitrogens is 2. The lowest BCUT2D eigenvalue weighted by Gasteiger charge is -2.26. The van der Waals surface area contributed by atoms with Gasteiger partial charge in [0, 0.05) is 11.8 Å². The maximum Gasteiger partial charge on any atom is 0.405 e. The van der Waals surface area contributed by atoms with Crippen LogP contribution in [0.4, 0.5) is 4.79 Å². The minimum atomic E-state index is -1.09. The fraction of sp³-hybridized carbons (Fsp3) is 0.238. The van der Waals surface area contributed by atoms with E-state index in [-0.39, 0.29) is 5.41 Å². The average molecular weight is 349 g/mol. The van der Waals surface area contributed by atoms with Crippen molar-refractivity contribution in [2.45, 2.75) is 32.2 Å². The molecule has 0 fully saturated rings. The van der Waals surface area contributed by atoms with Crippen molar-refractivity contribution >= 4 is 6.09 Å². The Kier molecular flexibility index (Phi) is 4.80. The molecule has 0 spiro atoms. The highest BCUT2D eigenvalue weighted by Gasteiger charge is 2.26. The number of aromatic amines is 1. The first-order chi connectivity index (χ1) is 12.4. The first-order valence-corrected chi connectivity index (χ1v) is 8.56. The summed E-state index contributed by atoms with van der Waals surface area (Å²) in [5.41, 5.74) is 3.62.